The quantitative estimate of drug-likeness (QED) is 0.742. The molecule has 0 N–H and O–H groups in total. The molecule has 0 spiro atoms. The summed E-state index contributed by atoms with van der Waals surface area (Å²) < 4.78 is 5.29. The van der Waals surface area contributed by atoms with Crippen LogP contribution in [0.25, 0.3) is 0 Å². The van der Waals surface area contributed by atoms with Crippen molar-refractivity contribution in [3.05, 3.63) is 0 Å². The number of amides is 1. The van der Waals surface area contributed by atoms with Crippen LogP contribution in [0.1, 0.15) is 46.5 Å². The highest BCUT2D eigenvalue weighted by Gasteiger charge is 2.42. The number of nitriles is 1. The maximum absolute atomic E-state index is 12.7. The largest absolute Gasteiger partial charge is 0.381 e. The Labute approximate surface area is 116 Å². The first-order valence-corrected chi connectivity index (χ1v) is 7.41. The van der Waals surface area contributed by atoms with Crippen LogP contribution in [-0.4, -0.2) is 37.1 Å². The van der Waals surface area contributed by atoms with E-state index >= 15 is 0 Å². The maximum Gasteiger partial charge on any atom is 0.243 e. The van der Waals surface area contributed by atoms with Gasteiger partial charge in [-0.1, -0.05) is 26.7 Å². The maximum atomic E-state index is 12.7. The summed E-state index contributed by atoms with van der Waals surface area (Å²) in [5.74, 6) is 0.534. The highest BCUT2D eigenvalue weighted by atomic mass is 16.5. The highest BCUT2D eigenvalue weighted by Crippen LogP contribution is 2.32. The Balaban J connectivity index is 2.79. The van der Waals surface area contributed by atoms with E-state index in [1.807, 2.05) is 11.8 Å². The molecule has 4 heteroatoms. The summed E-state index contributed by atoms with van der Waals surface area (Å²) in [6.45, 7) is 8.78. The SMILES string of the molecule is CCC(CC)CN(CC)C(=O)C1(C#N)CCOCC1. The standard InChI is InChI=1S/C15H26N2O2/c1-4-13(5-2)11-17(6-3)14(18)15(12-16)7-9-19-10-8-15/h13H,4-11H2,1-3H3. The molecular formula is C15H26N2O2. The van der Waals surface area contributed by atoms with E-state index in [1.54, 1.807) is 0 Å². The minimum Gasteiger partial charge on any atom is -0.381 e. The van der Waals surface area contributed by atoms with Crippen LogP contribution in [0, 0.1) is 22.7 Å². The van der Waals surface area contributed by atoms with Gasteiger partial charge in [-0.15, -0.1) is 0 Å². The van der Waals surface area contributed by atoms with Gasteiger partial charge in [0.2, 0.25) is 5.91 Å². The van der Waals surface area contributed by atoms with Crippen LogP contribution in [0.2, 0.25) is 0 Å². The zero-order valence-electron chi connectivity index (χ0n) is 12.4. The molecule has 4 nitrogen and oxygen atoms in total. The van der Waals surface area contributed by atoms with Crippen molar-refractivity contribution >= 4 is 5.91 Å². The Morgan fingerprint density at radius 3 is 2.32 bits per heavy atom. The van der Waals surface area contributed by atoms with Crippen molar-refractivity contribution in [2.75, 3.05) is 26.3 Å². The predicted octanol–water partition coefficient (Wildman–Crippen LogP) is 2.59. The van der Waals surface area contributed by atoms with E-state index in [0.717, 1.165) is 19.4 Å². The Hall–Kier alpha value is -1.08. The minimum atomic E-state index is -0.847. The predicted molar refractivity (Wildman–Crippen MR) is 74.4 cm³/mol. The summed E-state index contributed by atoms with van der Waals surface area (Å²) in [6, 6.07) is 2.27. The molecule has 0 aromatic rings. The van der Waals surface area contributed by atoms with Gasteiger partial charge < -0.3 is 9.64 Å². The molecule has 1 fully saturated rings. The highest BCUT2D eigenvalue weighted by molar-refractivity contribution is 5.85. The van der Waals surface area contributed by atoms with Crippen LogP contribution in [0.3, 0.4) is 0 Å². The summed E-state index contributed by atoms with van der Waals surface area (Å²) in [5, 5.41) is 9.45. The van der Waals surface area contributed by atoms with Gasteiger partial charge in [-0.3, -0.25) is 4.79 Å². The fraction of sp³-hybridized carbons (Fsp3) is 0.867. The van der Waals surface area contributed by atoms with Crippen molar-refractivity contribution < 1.29 is 9.53 Å². The number of ether oxygens (including phenoxy) is 1. The summed E-state index contributed by atoms with van der Waals surface area (Å²) in [7, 11) is 0. The normalized spacial score (nSPS) is 18.1. The van der Waals surface area contributed by atoms with Crippen LogP contribution in [0.5, 0.6) is 0 Å². The van der Waals surface area contributed by atoms with Gasteiger partial charge >= 0.3 is 0 Å². The summed E-state index contributed by atoms with van der Waals surface area (Å²) >= 11 is 0. The second kappa shape index (κ2) is 7.49. The molecule has 1 heterocycles. The molecular weight excluding hydrogens is 240 g/mol. The van der Waals surface area contributed by atoms with Gasteiger partial charge in [0, 0.05) is 26.3 Å². The Bertz CT molecular complexity index is 326. The van der Waals surface area contributed by atoms with Gasteiger partial charge in [-0.25, -0.2) is 0 Å². The van der Waals surface area contributed by atoms with Gasteiger partial charge in [0.15, 0.2) is 0 Å². The molecule has 1 saturated heterocycles. The third kappa shape index (κ3) is 3.70. The van der Waals surface area contributed by atoms with Crippen molar-refractivity contribution in [2.24, 2.45) is 11.3 Å². The number of rotatable bonds is 6. The van der Waals surface area contributed by atoms with Crippen molar-refractivity contribution in [1.29, 1.82) is 5.26 Å². The van der Waals surface area contributed by atoms with Gasteiger partial charge in [0.05, 0.1) is 6.07 Å². The topological polar surface area (TPSA) is 53.3 Å². The lowest BCUT2D eigenvalue weighted by Crippen LogP contribution is -2.47. The van der Waals surface area contributed by atoms with Crippen molar-refractivity contribution in [3.63, 3.8) is 0 Å². The van der Waals surface area contributed by atoms with E-state index in [4.69, 9.17) is 4.74 Å². The van der Waals surface area contributed by atoms with Gasteiger partial charge in [-0.05, 0) is 25.7 Å². The van der Waals surface area contributed by atoms with Gasteiger partial charge in [-0.2, -0.15) is 5.26 Å². The van der Waals surface area contributed by atoms with Crippen LogP contribution in [-0.2, 0) is 9.53 Å². The monoisotopic (exact) mass is 266 g/mol. The fourth-order valence-electron chi connectivity index (χ4n) is 2.61. The van der Waals surface area contributed by atoms with Crippen molar-refractivity contribution in [2.45, 2.75) is 46.5 Å². The molecule has 1 aliphatic heterocycles. The molecule has 1 aliphatic rings. The second-order valence-corrected chi connectivity index (χ2v) is 5.33. The lowest BCUT2D eigenvalue weighted by atomic mass is 9.80. The first kappa shape index (κ1) is 16.0. The van der Waals surface area contributed by atoms with E-state index in [9.17, 15) is 10.1 Å². The first-order valence-electron chi connectivity index (χ1n) is 7.41. The van der Waals surface area contributed by atoms with Crippen LogP contribution < -0.4 is 0 Å². The van der Waals surface area contributed by atoms with Gasteiger partial charge in [0.25, 0.3) is 0 Å². The molecule has 0 atom stereocenters. The van der Waals surface area contributed by atoms with E-state index < -0.39 is 5.41 Å². The molecule has 0 aromatic carbocycles. The average molecular weight is 266 g/mol. The molecule has 1 amide bonds. The molecule has 1 rings (SSSR count). The zero-order chi connectivity index (χ0) is 14.3. The zero-order valence-corrected chi connectivity index (χ0v) is 12.4. The summed E-state index contributed by atoms with van der Waals surface area (Å²) in [4.78, 5) is 14.6. The lowest BCUT2D eigenvalue weighted by molar-refractivity contribution is -0.144. The third-order valence-corrected chi connectivity index (χ3v) is 4.27. The number of carbonyl (C=O) groups is 1. The summed E-state index contributed by atoms with van der Waals surface area (Å²) in [6.07, 6.45) is 3.20. The molecule has 0 bridgehead atoms. The Morgan fingerprint density at radius 1 is 1.32 bits per heavy atom. The minimum absolute atomic E-state index is 0.00713. The smallest absolute Gasteiger partial charge is 0.243 e. The number of nitrogens with zero attached hydrogens (tertiary/aromatic N) is 2. The molecule has 19 heavy (non-hydrogen) atoms. The van der Waals surface area contributed by atoms with E-state index in [0.29, 0.717) is 38.5 Å². The molecule has 0 aliphatic carbocycles. The first-order chi connectivity index (χ1) is 9.13. The third-order valence-electron chi connectivity index (χ3n) is 4.27. The lowest BCUT2D eigenvalue weighted by Gasteiger charge is -2.35. The molecule has 0 radical (unpaired) electrons. The molecule has 0 aromatic heterocycles. The van der Waals surface area contributed by atoms with Gasteiger partial charge in [0.1, 0.15) is 5.41 Å². The van der Waals surface area contributed by atoms with Crippen LogP contribution >= 0.6 is 0 Å². The van der Waals surface area contributed by atoms with E-state index in [-0.39, 0.29) is 5.91 Å². The molecule has 108 valence electrons. The Kier molecular flexibility index (Phi) is 6.30. The van der Waals surface area contributed by atoms with Crippen LogP contribution in [0.4, 0.5) is 0 Å². The number of hydrogen-bond acceptors (Lipinski definition) is 3. The number of hydrogen-bond donors (Lipinski definition) is 0. The fourth-order valence-corrected chi connectivity index (χ4v) is 2.61. The number of carbonyl (C=O) groups excluding carboxylic acids is 1. The average Bonchev–Trinajstić information content (AvgIpc) is 2.48. The molecule has 0 unspecified atom stereocenters. The van der Waals surface area contributed by atoms with Crippen LogP contribution in [0.15, 0.2) is 0 Å². The molecule has 0 saturated carbocycles. The summed E-state index contributed by atoms with van der Waals surface area (Å²) in [5.41, 5.74) is -0.847. The van der Waals surface area contributed by atoms with Crippen molar-refractivity contribution in [1.82, 2.24) is 4.90 Å². The van der Waals surface area contributed by atoms with E-state index in [2.05, 4.69) is 19.9 Å². The second-order valence-electron chi connectivity index (χ2n) is 5.33. The van der Waals surface area contributed by atoms with Crippen molar-refractivity contribution in [3.8, 4) is 6.07 Å². The Morgan fingerprint density at radius 2 is 1.89 bits per heavy atom. The van der Waals surface area contributed by atoms with E-state index in [1.165, 1.54) is 0 Å².